The normalized spacial score (nSPS) is 16.9. The van der Waals surface area contributed by atoms with E-state index in [0.29, 0.717) is 23.7 Å². The second kappa shape index (κ2) is 7.15. The van der Waals surface area contributed by atoms with Crippen molar-refractivity contribution in [3.8, 4) is 5.75 Å². The molecular weight excluding hydrogens is 345 g/mol. The topological polar surface area (TPSA) is 41.6 Å². The van der Waals surface area contributed by atoms with Crippen LogP contribution in [0.4, 0.5) is 13.2 Å². The first-order chi connectivity index (χ1) is 12.2. The molecule has 1 saturated heterocycles. The van der Waals surface area contributed by atoms with Gasteiger partial charge >= 0.3 is 6.18 Å². The minimum absolute atomic E-state index is 0.0308. The quantitative estimate of drug-likeness (QED) is 0.862. The second-order valence-electron chi connectivity index (χ2n) is 6.90. The lowest BCUT2D eigenvalue weighted by molar-refractivity contribution is -0.191. The number of halogens is 3. The van der Waals surface area contributed by atoms with E-state index in [-0.39, 0.29) is 18.5 Å². The lowest BCUT2D eigenvalue weighted by Crippen LogP contribution is -2.43. The maximum atomic E-state index is 13.6. The van der Waals surface area contributed by atoms with E-state index in [1.807, 2.05) is 19.9 Å². The summed E-state index contributed by atoms with van der Waals surface area (Å²) < 4.78 is 46.5. The van der Waals surface area contributed by atoms with E-state index in [4.69, 9.17) is 4.74 Å². The van der Waals surface area contributed by atoms with Crippen molar-refractivity contribution in [3.63, 3.8) is 0 Å². The molecule has 0 saturated carbocycles. The van der Waals surface area contributed by atoms with Crippen LogP contribution in [0.2, 0.25) is 0 Å². The van der Waals surface area contributed by atoms with E-state index in [2.05, 4.69) is 5.43 Å². The van der Waals surface area contributed by atoms with Gasteiger partial charge in [-0.15, -0.1) is 0 Å². The SMILES string of the molecule is CC(C)COc1ccc2cc(C(N3CCC(=O)N3)C(F)(F)F)ccc2c1. The van der Waals surface area contributed by atoms with Gasteiger partial charge in [0.15, 0.2) is 0 Å². The lowest BCUT2D eigenvalue weighted by atomic mass is 10.0. The lowest BCUT2D eigenvalue weighted by Gasteiger charge is -2.29. The Kier molecular flexibility index (Phi) is 5.09. The van der Waals surface area contributed by atoms with Crippen LogP contribution in [0.15, 0.2) is 36.4 Å². The summed E-state index contributed by atoms with van der Waals surface area (Å²) in [5, 5.41) is 2.46. The Labute approximate surface area is 149 Å². The highest BCUT2D eigenvalue weighted by Crippen LogP contribution is 2.39. The molecule has 1 N–H and O–H groups in total. The van der Waals surface area contributed by atoms with Crippen LogP contribution < -0.4 is 10.2 Å². The molecule has 1 fully saturated rings. The van der Waals surface area contributed by atoms with Gasteiger partial charge in [-0.2, -0.15) is 13.2 Å². The number of hydrazine groups is 1. The van der Waals surface area contributed by atoms with Gasteiger partial charge in [-0.3, -0.25) is 10.2 Å². The maximum Gasteiger partial charge on any atom is 0.409 e. The highest BCUT2D eigenvalue weighted by molar-refractivity contribution is 5.84. The Hall–Kier alpha value is -2.28. The van der Waals surface area contributed by atoms with Gasteiger partial charge < -0.3 is 4.74 Å². The molecule has 1 aliphatic heterocycles. The van der Waals surface area contributed by atoms with Gasteiger partial charge in [-0.1, -0.05) is 32.0 Å². The smallest absolute Gasteiger partial charge is 0.409 e. The zero-order valence-electron chi connectivity index (χ0n) is 14.6. The number of fused-ring (bicyclic) bond motifs is 1. The van der Waals surface area contributed by atoms with Gasteiger partial charge in [-0.05, 0) is 40.5 Å². The minimum Gasteiger partial charge on any atom is -0.493 e. The van der Waals surface area contributed by atoms with Crippen LogP contribution in [0.1, 0.15) is 31.9 Å². The Morgan fingerprint density at radius 2 is 1.85 bits per heavy atom. The predicted molar refractivity (Wildman–Crippen MR) is 92.5 cm³/mol. The number of ether oxygens (including phenoxy) is 1. The van der Waals surface area contributed by atoms with Crippen LogP contribution in [-0.4, -0.2) is 30.2 Å². The minimum atomic E-state index is -4.49. The van der Waals surface area contributed by atoms with Crippen molar-refractivity contribution in [2.24, 2.45) is 5.92 Å². The summed E-state index contributed by atoms with van der Waals surface area (Å²) in [6, 6.07) is 8.10. The number of carbonyl (C=O) groups is 1. The fourth-order valence-corrected chi connectivity index (χ4v) is 3.00. The Balaban J connectivity index is 1.91. The zero-order valence-corrected chi connectivity index (χ0v) is 14.6. The van der Waals surface area contributed by atoms with Crippen LogP contribution in [-0.2, 0) is 4.79 Å². The van der Waals surface area contributed by atoms with Gasteiger partial charge in [0.2, 0.25) is 5.91 Å². The number of amides is 1. The molecule has 1 amide bonds. The van der Waals surface area contributed by atoms with Crippen molar-refractivity contribution in [1.82, 2.24) is 10.4 Å². The van der Waals surface area contributed by atoms with E-state index < -0.39 is 18.1 Å². The molecule has 3 rings (SSSR count). The monoisotopic (exact) mass is 366 g/mol. The summed E-state index contributed by atoms with van der Waals surface area (Å²) in [6.07, 6.45) is -4.43. The summed E-state index contributed by atoms with van der Waals surface area (Å²) in [6.45, 7) is 4.70. The zero-order chi connectivity index (χ0) is 18.9. The van der Waals surface area contributed by atoms with E-state index in [0.717, 1.165) is 10.4 Å². The van der Waals surface area contributed by atoms with Crippen molar-refractivity contribution >= 4 is 16.7 Å². The molecule has 0 spiro atoms. The van der Waals surface area contributed by atoms with Crippen molar-refractivity contribution in [2.75, 3.05) is 13.2 Å². The van der Waals surface area contributed by atoms with Gasteiger partial charge in [0.1, 0.15) is 11.8 Å². The molecule has 1 aliphatic rings. The molecule has 0 radical (unpaired) electrons. The van der Waals surface area contributed by atoms with Crippen molar-refractivity contribution in [2.45, 2.75) is 32.5 Å². The third kappa shape index (κ3) is 4.09. The molecule has 140 valence electrons. The number of rotatable bonds is 5. The van der Waals surface area contributed by atoms with Gasteiger partial charge in [0.25, 0.3) is 0 Å². The first-order valence-electron chi connectivity index (χ1n) is 8.53. The summed E-state index contributed by atoms with van der Waals surface area (Å²) >= 11 is 0. The molecule has 0 aliphatic carbocycles. The number of hydrogen-bond donors (Lipinski definition) is 1. The molecule has 4 nitrogen and oxygen atoms in total. The highest BCUT2D eigenvalue weighted by Gasteiger charge is 2.46. The van der Waals surface area contributed by atoms with E-state index in [9.17, 15) is 18.0 Å². The molecule has 7 heteroatoms. The largest absolute Gasteiger partial charge is 0.493 e. The molecule has 1 heterocycles. The predicted octanol–water partition coefficient (Wildman–Crippen LogP) is 4.21. The first-order valence-corrected chi connectivity index (χ1v) is 8.53. The van der Waals surface area contributed by atoms with Crippen molar-refractivity contribution in [3.05, 3.63) is 42.0 Å². The number of nitrogens with zero attached hydrogens (tertiary/aromatic N) is 1. The van der Waals surface area contributed by atoms with Gasteiger partial charge in [0.05, 0.1) is 6.61 Å². The fraction of sp³-hybridized carbons (Fsp3) is 0.421. The molecular formula is C19H21F3N2O2. The maximum absolute atomic E-state index is 13.6. The number of nitrogens with one attached hydrogen (secondary N) is 1. The molecule has 2 aromatic rings. The standard InChI is InChI=1S/C19H21F3N2O2/c1-12(2)11-26-16-6-5-13-9-15(4-3-14(13)10-16)18(19(20,21)22)24-8-7-17(25)23-24/h3-6,9-10,12,18H,7-8,11H2,1-2H3,(H,23,25). The van der Waals surface area contributed by atoms with E-state index >= 15 is 0 Å². The molecule has 26 heavy (non-hydrogen) atoms. The van der Waals surface area contributed by atoms with Crippen LogP contribution in [0.25, 0.3) is 10.8 Å². The summed E-state index contributed by atoms with van der Waals surface area (Å²) in [5.74, 6) is 0.682. The average molecular weight is 366 g/mol. The first kappa shape index (κ1) is 18.5. The average Bonchev–Trinajstić information content (AvgIpc) is 2.97. The third-order valence-electron chi connectivity index (χ3n) is 4.20. The van der Waals surface area contributed by atoms with Crippen LogP contribution >= 0.6 is 0 Å². The number of hydrogen-bond acceptors (Lipinski definition) is 3. The molecule has 1 unspecified atom stereocenters. The third-order valence-corrected chi connectivity index (χ3v) is 4.20. The summed E-state index contributed by atoms with van der Waals surface area (Å²) in [5.41, 5.74) is 2.40. The summed E-state index contributed by atoms with van der Waals surface area (Å²) in [7, 11) is 0. The molecule has 1 atom stereocenters. The Morgan fingerprint density at radius 3 is 2.46 bits per heavy atom. The number of alkyl halides is 3. The van der Waals surface area contributed by atoms with Crippen LogP contribution in [0.3, 0.4) is 0 Å². The van der Waals surface area contributed by atoms with Gasteiger partial charge in [-0.25, -0.2) is 5.01 Å². The molecule has 2 aromatic carbocycles. The molecule has 0 bridgehead atoms. The number of benzene rings is 2. The summed E-state index contributed by atoms with van der Waals surface area (Å²) in [4.78, 5) is 11.3. The van der Waals surface area contributed by atoms with Crippen molar-refractivity contribution in [1.29, 1.82) is 0 Å². The van der Waals surface area contributed by atoms with E-state index in [1.165, 1.54) is 12.1 Å². The Morgan fingerprint density at radius 1 is 1.15 bits per heavy atom. The molecule has 0 aromatic heterocycles. The van der Waals surface area contributed by atoms with Crippen LogP contribution in [0, 0.1) is 5.92 Å². The van der Waals surface area contributed by atoms with Crippen molar-refractivity contribution < 1.29 is 22.7 Å². The fourth-order valence-electron chi connectivity index (χ4n) is 3.00. The van der Waals surface area contributed by atoms with E-state index in [1.54, 1.807) is 18.2 Å². The Bertz CT molecular complexity index is 805. The number of carbonyl (C=O) groups excluding carboxylic acids is 1. The second-order valence-corrected chi connectivity index (χ2v) is 6.90. The highest BCUT2D eigenvalue weighted by atomic mass is 19.4. The van der Waals surface area contributed by atoms with Gasteiger partial charge in [0, 0.05) is 13.0 Å². The van der Waals surface area contributed by atoms with Crippen LogP contribution in [0.5, 0.6) is 5.75 Å².